The van der Waals surface area contributed by atoms with Crippen molar-refractivity contribution in [2.45, 2.75) is 38.5 Å². The van der Waals surface area contributed by atoms with Gasteiger partial charge in [-0.2, -0.15) is 13.2 Å². The van der Waals surface area contributed by atoms with E-state index in [1.54, 1.807) is 0 Å². The van der Waals surface area contributed by atoms with Crippen LogP contribution in [0.1, 0.15) is 42.1 Å². The van der Waals surface area contributed by atoms with Gasteiger partial charge < -0.3 is 15.2 Å². The Balaban J connectivity index is 3.14. The number of unbranched alkanes of at least 4 members (excludes halogenated alkanes) is 1. The Hall–Kier alpha value is -2.25. The SMILES string of the molecule is CCCCC(Oc1ccc(C(F)(F)F)cc1C(N)=O)C(=O)OC. The highest BCUT2D eigenvalue weighted by Crippen LogP contribution is 2.33. The first-order chi connectivity index (χ1) is 10.7. The number of primary amides is 1. The molecule has 5 nitrogen and oxygen atoms in total. The molecule has 0 aromatic heterocycles. The van der Waals surface area contributed by atoms with E-state index in [9.17, 15) is 22.8 Å². The van der Waals surface area contributed by atoms with Gasteiger partial charge in [0.2, 0.25) is 0 Å². The lowest BCUT2D eigenvalue weighted by molar-refractivity contribution is -0.149. The number of carbonyl (C=O) groups excluding carboxylic acids is 2. The second-order valence-corrected chi connectivity index (χ2v) is 4.84. The van der Waals surface area contributed by atoms with Gasteiger partial charge in [-0.05, 0) is 31.0 Å². The van der Waals surface area contributed by atoms with E-state index in [-0.39, 0.29) is 5.75 Å². The molecule has 0 radical (unpaired) electrons. The normalized spacial score (nSPS) is 12.6. The number of nitrogens with two attached hydrogens (primary N) is 1. The van der Waals surface area contributed by atoms with Gasteiger partial charge >= 0.3 is 12.1 Å². The van der Waals surface area contributed by atoms with Crippen molar-refractivity contribution in [3.05, 3.63) is 29.3 Å². The van der Waals surface area contributed by atoms with Gasteiger partial charge in [0, 0.05) is 0 Å². The zero-order valence-corrected chi connectivity index (χ0v) is 12.8. The monoisotopic (exact) mass is 333 g/mol. The number of hydrogen-bond acceptors (Lipinski definition) is 4. The maximum Gasteiger partial charge on any atom is 0.416 e. The summed E-state index contributed by atoms with van der Waals surface area (Å²) in [6.07, 6.45) is -3.90. The third-order valence-electron chi connectivity index (χ3n) is 3.13. The molecule has 0 aliphatic rings. The average Bonchev–Trinajstić information content (AvgIpc) is 2.49. The summed E-state index contributed by atoms with van der Waals surface area (Å²) in [5.74, 6) is -1.93. The van der Waals surface area contributed by atoms with Gasteiger partial charge in [0.25, 0.3) is 5.91 Å². The zero-order chi connectivity index (χ0) is 17.6. The number of halogens is 3. The molecule has 1 aromatic carbocycles. The third kappa shape index (κ3) is 5.15. The van der Waals surface area contributed by atoms with E-state index < -0.39 is 35.3 Å². The maximum atomic E-state index is 12.7. The van der Waals surface area contributed by atoms with Gasteiger partial charge in [-0.3, -0.25) is 4.79 Å². The number of hydrogen-bond donors (Lipinski definition) is 1. The number of amides is 1. The summed E-state index contributed by atoms with van der Waals surface area (Å²) in [6, 6.07) is 2.34. The summed E-state index contributed by atoms with van der Waals surface area (Å²) in [5.41, 5.74) is 3.64. The molecule has 2 N–H and O–H groups in total. The van der Waals surface area contributed by atoms with Gasteiger partial charge in [-0.25, -0.2) is 4.79 Å². The van der Waals surface area contributed by atoms with Crippen LogP contribution in [0.2, 0.25) is 0 Å². The van der Waals surface area contributed by atoms with Gasteiger partial charge in [-0.15, -0.1) is 0 Å². The largest absolute Gasteiger partial charge is 0.478 e. The number of ether oxygens (including phenoxy) is 2. The molecule has 0 saturated carbocycles. The molecule has 0 heterocycles. The average molecular weight is 333 g/mol. The summed E-state index contributed by atoms with van der Waals surface area (Å²) < 4.78 is 48.1. The minimum absolute atomic E-state index is 0.183. The Bertz CT molecular complexity index is 572. The molecule has 1 atom stereocenters. The number of benzene rings is 1. The van der Waals surface area contributed by atoms with Gasteiger partial charge in [0.1, 0.15) is 5.75 Å². The Morgan fingerprint density at radius 1 is 1.30 bits per heavy atom. The van der Waals surface area contributed by atoms with Crippen molar-refractivity contribution in [3.63, 3.8) is 0 Å². The first-order valence-electron chi connectivity index (χ1n) is 6.96. The first kappa shape index (κ1) is 18.8. The van der Waals surface area contributed by atoms with Crippen molar-refractivity contribution in [2.24, 2.45) is 5.73 Å². The maximum absolute atomic E-state index is 12.7. The second-order valence-electron chi connectivity index (χ2n) is 4.84. The zero-order valence-electron chi connectivity index (χ0n) is 12.8. The second kappa shape index (κ2) is 7.85. The van der Waals surface area contributed by atoms with Crippen molar-refractivity contribution < 1.29 is 32.2 Å². The Labute approximate surface area is 131 Å². The highest BCUT2D eigenvalue weighted by Gasteiger charge is 2.32. The number of rotatable bonds is 7. The van der Waals surface area contributed by atoms with Crippen LogP contribution in [-0.4, -0.2) is 25.1 Å². The molecule has 0 aliphatic heterocycles. The van der Waals surface area contributed by atoms with Crippen molar-refractivity contribution in [1.29, 1.82) is 0 Å². The number of alkyl halides is 3. The van der Waals surface area contributed by atoms with Crippen molar-refractivity contribution in [3.8, 4) is 5.75 Å². The van der Waals surface area contributed by atoms with E-state index in [0.29, 0.717) is 18.9 Å². The molecular formula is C15H18F3NO4. The van der Waals surface area contributed by atoms with Gasteiger partial charge in [-0.1, -0.05) is 13.3 Å². The van der Waals surface area contributed by atoms with Crippen molar-refractivity contribution in [1.82, 2.24) is 0 Å². The lowest BCUT2D eigenvalue weighted by atomic mass is 10.1. The summed E-state index contributed by atoms with van der Waals surface area (Å²) in [4.78, 5) is 23.1. The van der Waals surface area contributed by atoms with E-state index in [0.717, 1.165) is 18.6 Å². The summed E-state index contributed by atoms with van der Waals surface area (Å²) in [6.45, 7) is 1.90. The molecule has 0 aliphatic carbocycles. The van der Waals surface area contributed by atoms with Crippen LogP contribution in [0.3, 0.4) is 0 Å². The van der Waals surface area contributed by atoms with Crippen molar-refractivity contribution >= 4 is 11.9 Å². The smallest absolute Gasteiger partial charge is 0.416 e. The van der Waals surface area contributed by atoms with Crippen LogP contribution in [0.25, 0.3) is 0 Å². The van der Waals surface area contributed by atoms with Gasteiger partial charge in [0.15, 0.2) is 6.10 Å². The topological polar surface area (TPSA) is 78.6 Å². The van der Waals surface area contributed by atoms with E-state index in [4.69, 9.17) is 10.5 Å². The Morgan fingerprint density at radius 2 is 1.96 bits per heavy atom. The molecule has 0 spiro atoms. The van der Waals surface area contributed by atoms with E-state index in [1.807, 2.05) is 6.92 Å². The molecule has 0 saturated heterocycles. The lowest BCUT2D eigenvalue weighted by Crippen LogP contribution is -2.29. The van der Waals surface area contributed by atoms with Crippen LogP contribution in [0.15, 0.2) is 18.2 Å². The lowest BCUT2D eigenvalue weighted by Gasteiger charge is -2.19. The predicted molar refractivity (Wildman–Crippen MR) is 75.9 cm³/mol. The van der Waals surface area contributed by atoms with E-state index in [2.05, 4.69) is 4.74 Å². The Kier molecular flexibility index (Phi) is 6.41. The third-order valence-corrected chi connectivity index (χ3v) is 3.13. The highest BCUT2D eigenvalue weighted by molar-refractivity contribution is 5.96. The number of carbonyl (C=O) groups is 2. The minimum atomic E-state index is -4.62. The van der Waals surface area contributed by atoms with E-state index in [1.165, 1.54) is 7.11 Å². The standard InChI is InChI=1S/C15H18F3NO4/c1-3-4-5-12(14(21)22-2)23-11-7-6-9(15(16,17)18)8-10(11)13(19)20/h6-8,12H,3-5H2,1-2H3,(H2,19,20). The summed E-state index contributed by atoms with van der Waals surface area (Å²) >= 11 is 0. The fourth-order valence-electron chi connectivity index (χ4n) is 1.90. The molecule has 1 unspecified atom stereocenters. The quantitative estimate of drug-likeness (QED) is 0.778. The van der Waals surface area contributed by atoms with Crippen LogP contribution in [0.4, 0.5) is 13.2 Å². The van der Waals surface area contributed by atoms with Gasteiger partial charge in [0.05, 0.1) is 18.2 Å². The predicted octanol–water partition coefficient (Wildman–Crippen LogP) is 2.91. The molecule has 0 fully saturated rings. The summed E-state index contributed by atoms with van der Waals surface area (Å²) in [5, 5.41) is 0. The van der Waals surface area contributed by atoms with E-state index >= 15 is 0 Å². The first-order valence-corrected chi connectivity index (χ1v) is 6.96. The molecule has 8 heteroatoms. The van der Waals surface area contributed by atoms with Crippen LogP contribution >= 0.6 is 0 Å². The summed E-state index contributed by atoms with van der Waals surface area (Å²) in [7, 11) is 1.17. The molecule has 1 rings (SSSR count). The fourth-order valence-corrected chi connectivity index (χ4v) is 1.90. The van der Waals surface area contributed by atoms with Crippen LogP contribution in [0.5, 0.6) is 5.75 Å². The highest BCUT2D eigenvalue weighted by atomic mass is 19.4. The van der Waals surface area contributed by atoms with Crippen LogP contribution in [0, 0.1) is 0 Å². The number of esters is 1. The molecule has 1 amide bonds. The molecule has 128 valence electrons. The molecular weight excluding hydrogens is 315 g/mol. The van der Waals surface area contributed by atoms with Crippen molar-refractivity contribution in [2.75, 3.05) is 7.11 Å². The number of methoxy groups -OCH3 is 1. The molecule has 0 bridgehead atoms. The minimum Gasteiger partial charge on any atom is -0.478 e. The molecule has 23 heavy (non-hydrogen) atoms. The molecule has 1 aromatic rings. The van der Waals surface area contributed by atoms with Crippen LogP contribution in [-0.2, 0) is 15.7 Å². The van der Waals surface area contributed by atoms with Crippen LogP contribution < -0.4 is 10.5 Å². The fraction of sp³-hybridized carbons (Fsp3) is 0.467. The Morgan fingerprint density at radius 3 is 2.43 bits per heavy atom.